The van der Waals surface area contributed by atoms with Gasteiger partial charge in [-0.05, 0) is 80.9 Å². The van der Waals surface area contributed by atoms with Crippen LogP contribution in [0.3, 0.4) is 0 Å². The van der Waals surface area contributed by atoms with Gasteiger partial charge in [-0.15, -0.1) is 0 Å². The first-order valence-electron chi connectivity index (χ1n) is 11.6. The van der Waals surface area contributed by atoms with E-state index in [0.29, 0.717) is 0 Å². The molecule has 2 heterocycles. The molecule has 0 aliphatic rings. The number of nitrogens with zero attached hydrogens (tertiary/aromatic N) is 2. The molecule has 6 rings (SSSR count). The highest BCUT2D eigenvalue weighted by atomic mass is 14.6. The van der Waals surface area contributed by atoms with Crippen LogP contribution < -0.4 is 0 Å². The van der Waals surface area contributed by atoms with Gasteiger partial charge in [0.25, 0.3) is 0 Å². The Morgan fingerprint density at radius 1 is 0.412 bits per heavy atom. The molecule has 2 aromatic heterocycles. The summed E-state index contributed by atoms with van der Waals surface area (Å²) in [5, 5.41) is 5.06. The van der Waals surface area contributed by atoms with Gasteiger partial charge in [0, 0.05) is 35.9 Å². The molecule has 0 spiro atoms. The van der Waals surface area contributed by atoms with Gasteiger partial charge in [0.1, 0.15) is 0 Å². The van der Waals surface area contributed by atoms with Gasteiger partial charge in [-0.2, -0.15) is 0 Å². The number of pyridine rings is 2. The lowest BCUT2D eigenvalue weighted by molar-refractivity contribution is 1.30. The molecule has 0 N–H and O–H groups in total. The Balaban J connectivity index is 1.65. The van der Waals surface area contributed by atoms with Crippen molar-refractivity contribution in [1.82, 2.24) is 9.97 Å². The monoisotopic (exact) mass is 436 g/mol. The van der Waals surface area contributed by atoms with Gasteiger partial charge in [-0.1, -0.05) is 72.8 Å². The largest absolute Gasteiger partial charge is 0.264 e. The van der Waals surface area contributed by atoms with Crippen LogP contribution in [0.5, 0.6) is 0 Å². The highest BCUT2D eigenvalue weighted by Crippen LogP contribution is 2.42. The Morgan fingerprint density at radius 3 is 1.26 bits per heavy atom. The van der Waals surface area contributed by atoms with Crippen LogP contribution in [0.25, 0.3) is 54.9 Å². The van der Waals surface area contributed by atoms with E-state index in [2.05, 4.69) is 109 Å². The predicted octanol–water partition coefficient (Wildman–Crippen LogP) is 8.40. The molecule has 4 aromatic carbocycles. The van der Waals surface area contributed by atoms with Crippen molar-refractivity contribution < 1.29 is 0 Å². The van der Waals surface area contributed by atoms with Gasteiger partial charge in [0.15, 0.2) is 0 Å². The number of fused-ring (bicyclic) bond motifs is 2. The second-order valence-electron chi connectivity index (χ2n) is 8.80. The molecule has 0 radical (unpaired) electrons. The first-order chi connectivity index (χ1) is 16.7. The fraction of sp³-hybridized carbons (Fsp3) is 0.0625. The molecule has 2 heteroatoms. The number of hydrogen-bond acceptors (Lipinski definition) is 2. The summed E-state index contributed by atoms with van der Waals surface area (Å²) in [7, 11) is 0. The van der Waals surface area contributed by atoms with Gasteiger partial charge < -0.3 is 0 Å². The molecule has 2 nitrogen and oxygen atoms in total. The quantitative estimate of drug-likeness (QED) is 0.278. The average molecular weight is 437 g/mol. The molecule has 0 fully saturated rings. The summed E-state index contributed by atoms with van der Waals surface area (Å²) >= 11 is 0. The highest BCUT2D eigenvalue weighted by Gasteiger charge is 2.17. The number of aromatic nitrogens is 2. The molecular formula is C32H24N2. The van der Waals surface area contributed by atoms with E-state index in [4.69, 9.17) is 0 Å². The van der Waals surface area contributed by atoms with Crippen LogP contribution in [0.2, 0.25) is 0 Å². The lowest BCUT2D eigenvalue weighted by Gasteiger charge is -2.17. The molecule has 0 saturated carbocycles. The summed E-state index contributed by atoms with van der Waals surface area (Å²) in [6.07, 6.45) is 7.72. The standard InChI is InChI=1S/C32H24N2/c1-21-7-3-9-23-11-5-13-27(31(21)23)25-15-17-33-19-29(25)30-20-34-18-16-26(30)28-14-6-12-24-10-4-8-22(2)32(24)28/h3-20H,1-2H3. The normalized spacial score (nSPS) is 11.2. The topological polar surface area (TPSA) is 25.8 Å². The number of benzene rings is 4. The second kappa shape index (κ2) is 8.24. The van der Waals surface area contributed by atoms with Crippen molar-refractivity contribution in [2.45, 2.75) is 13.8 Å². The van der Waals surface area contributed by atoms with Gasteiger partial charge in [0.2, 0.25) is 0 Å². The average Bonchev–Trinajstić information content (AvgIpc) is 2.88. The Kier molecular flexibility index (Phi) is 4.92. The van der Waals surface area contributed by atoms with Crippen LogP contribution in [0.1, 0.15) is 11.1 Å². The zero-order valence-electron chi connectivity index (χ0n) is 19.3. The van der Waals surface area contributed by atoms with Gasteiger partial charge in [-0.3, -0.25) is 9.97 Å². The lowest BCUT2D eigenvalue weighted by Crippen LogP contribution is -1.94. The molecule has 0 saturated heterocycles. The molecular weight excluding hydrogens is 412 g/mol. The summed E-state index contributed by atoms with van der Waals surface area (Å²) in [4.78, 5) is 9.07. The molecule has 0 unspecified atom stereocenters. The summed E-state index contributed by atoms with van der Waals surface area (Å²) in [6.45, 7) is 4.36. The van der Waals surface area contributed by atoms with Gasteiger partial charge in [0.05, 0.1) is 0 Å². The third-order valence-corrected chi connectivity index (χ3v) is 6.74. The fourth-order valence-electron chi connectivity index (χ4n) is 5.19. The molecule has 0 aliphatic carbocycles. The third kappa shape index (κ3) is 3.27. The van der Waals surface area contributed by atoms with Crippen LogP contribution in [-0.2, 0) is 0 Å². The Hall–Kier alpha value is -4.30. The maximum Gasteiger partial charge on any atom is 0.0353 e. The van der Waals surface area contributed by atoms with Crippen molar-refractivity contribution in [2.75, 3.05) is 0 Å². The minimum atomic E-state index is 1.09. The van der Waals surface area contributed by atoms with Crippen LogP contribution in [0.4, 0.5) is 0 Å². The SMILES string of the molecule is Cc1cccc2cccc(-c3ccncc3-c3cnccc3-c3cccc4cccc(C)c34)c12. The molecule has 6 aromatic rings. The third-order valence-electron chi connectivity index (χ3n) is 6.74. The number of aryl methyl sites for hydroxylation is 2. The summed E-state index contributed by atoms with van der Waals surface area (Å²) in [5.74, 6) is 0. The molecule has 0 amide bonds. The van der Waals surface area contributed by atoms with E-state index in [1.165, 1.54) is 54.9 Å². The van der Waals surface area contributed by atoms with Crippen molar-refractivity contribution in [3.63, 3.8) is 0 Å². The van der Waals surface area contributed by atoms with Gasteiger partial charge >= 0.3 is 0 Å². The molecule has 162 valence electrons. The van der Waals surface area contributed by atoms with E-state index in [1.54, 1.807) is 0 Å². The van der Waals surface area contributed by atoms with Crippen LogP contribution >= 0.6 is 0 Å². The molecule has 0 aliphatic heterocycles. The smallest absolute Gasteiger partial charge is 0.0353 e. The maximum absolute atomic E-state index is 4.54. The molecule has 0 atom stereocenters. The predicted molar refractivity (Wildman–Crippen MR) is 143 cm³/mol. The zero-order valence-corrected chi connectivity index (χ0v) is 19.3. The van der Waals surface area contributed by atoms with E-state index in [9.17, 15) is 0 Å². The zero-order chi connectivity index (χ0) is 23.1. The van der Waals surface area contributed by atoms with E-state index in [-0.39, 0.29) is 0 Å². The lowest BCUT2D eigenvalue weighted by atomic mass is 9.87. The van der Waals surface area contributed by atoms with Gasteiger partial charge in [-0.25, -0.2) is 0 Å². The molecule has 0 bridgehead atoms. The number of rotatable bonds is 3. The van der Waals surface area contributed by atoms with E-state index >= 15 is 0 Å². The minimum absolute atomic E-state index is 1.09. The van der Waals surface area contributed by atoms with Crippen molar-refractivity contribution in [3.8, 4) is 33.4 Å². The van der Waals surface area contributed by atoms with Crippen molar-refractivity contribution in [2.24, 2.45) is 0 Å². The minimum Gasteiger partial charge on any atom is -0.264 e. The summed E-state index contributed by atoms with van der Waals surface area (Å²) in [6, 6.07) is 30.3. The number of hydrogen-bond donors (Lipinski definition) is 0. The highest BCUT2D eigenvalue weighted by molar-refractivity contribution is 6.06. The Morgan fingerprint density at radius 2 is 0.824 bits per heavy atom. The molecule has 34 heavy (non-hydrogen) atoms. The summed E-state index contributed by atoms with van der Waals surface area (Å²) in [5.41, 5.74) is 9.49. The van der Waals surface area contributed by atoms with E-state index in [1.807, 2.05) is 24.8 Å². The van der Waals surface area contributed by atoms with E-state index in [0.717, 1.165) is 11.1 Å². The van der Waals surface area contributed by atoms with Crippen molar-refractivity contribution in [1.29, 1.82) is 0 Å². The maximum atomic E-state index is 4.54. The van der Waals surface area contributed by atoms with Crippen molar-refractivity contribution in [3.05, 3.63) is 121 Å². The first kappa shape index (κ1) is 20.3. The van der Waals surface area contributed by atoms with Crippen LogP contribution in [0, 0.1) is 13.8 Å². The summed E-state index contributed by atoms with van der Waals surface area (Å²) < 4.78 is 0. The Bertz CT molecular complexity index is 1540. The van der Waals surface area contributed by atoms with Crippen LogP contribution in [-0.4, -0.2) is 9.97 Å². The van der Waals surface area contributed by atoms with Crippen LogP contribution in [0.15, 0.2) is 110 Å². The fourth-order valence-corrected chi connectivity index (χ4v) is 5.19. The van der Waals surface area contributed by atoms with E-state index < -0.39 is 0 Å². The first-order valence-corrected chi connectivity index (χ1v) is 11.6. The second-order valence-corrected chi connectivity index (χ2v) is 8.80. The Labute approximate surface area is 199 Å². The van der Waals surface area contributed by atoms with Crippen molar-refractivity contribution >= 4 is 21.5 Å².